The molecule has 1 atom stereocenters. The third-order valence-electron chi connectivity index (χ3n) is 3.30. The molecule has 0 aliphatic carbocycles. The van der Waals surface area contributed by atoms with Crippen molar-refractivity contribution in [2.45, 2.75) is 18.9 Å². The lowest BCUT2D eigenvalue weighted by Gasteiger charge is -2.20. The fourth-order valence-electron chi connectivity index (χ4n) is 2.19. The van der Waals surface area contributed by atoms with E-state index in [-0.39, 0.29) is 5.82 Å². The molecule has 2 rings (SSSR count). The summed E-state index contributed by atoms with van der Waals surface area (Å²) < 4.78 is 13.6. The molecule has 0 saturated carbocycles. The first kappa shape index (κ1) is 11.9. The van der Waals surface area contributed by atoms with E-state index in [2.05, 4.69) is 17.3 Å². The highest BCUT2D eigenvalue weighted by Crippen LogP contribution is 2.18. The van der Waals surface area contributed by atoms with Crippen molar-refractivity contribution in [3.05, 3.63) is 29.6 Å². The zero-order chi connectivity index (χ0) is 12.3. The molecule has 17 heavy (non-hydrogen) atoms. The van der Waals surface area contributed by atoms with Gasteiger partial charge in [0.15, 0.2) is 0 Å². The van der Waals surface area contributed by atoms with Gasteiger partial charge < -0.3 is 10.2 Å². The smallest absolute Gasteiger partial charge is 0.147 e. The van der Waals surface area contributed by atoms with Gasteiger partial charge in [0, 0.05) is 12.6 Å². The highest BCUT2D eigenvalue weighted by Gasteiger charge is 2.20. The Morgan fingerprint density at radius 3 is 3.00 bits per heavy atom. The molecule has 1 N–H and O–H groups in total. The Bertz CT molecular complexity index is 439. The molecule has 0 spiro atoms. The van der Waals surface area contributed by atoms with Crippen LogP contribution in [-0.4, -0.2) is 31.1 Å². The van der Waals surface area contributed by atoms with Crippen LogP contribution < -0.4 is 5.32 Å². The fraction of sp³-hybridized carbons (Fsp3) is 0.462. The van der Waals surface area contributed by atoms with Gasteiger partial charge in [-0.3, -0.25) is 0 Å². The summed E-state index contributed by atoms with van der Waals surface area (Å²) in [4.78, 5) is 2.29. The lowest BCUT2D eigenvalue weighted by atomic mass is 10.2. The maximum atomic E-state index is 13.6. The van der Waals surface area contributed by atoms with Crippen LogP contribution in [0.1, 0.15) is 18.4 Å². The number of rotatable bonds is 3. The van der Waals surface area contributed by atoms with E-state index < -0.39 is 0 Å². The number of likely N-dealkylation sites (tertiary alicyclic amines) is 1. The topological polar surface area (TPSA) is 39.1 Å². The summed E-state index contributed by atoms with van der Waals surface area (Å²) in [7, 11) is 2.09. The number of benzene rings is 1. The molecule has 3 nitrogen and oxygen atoms in total. The minimum Gasteiger partial charge on any atom is -0.381 e. The number of nitrogens with one attached hydrogen (secondary N) is 1. The van der Waals surface area contributed by atoms with Crippen molar-refractivity contribution in [3.63, 3.8) is 0 Å². The third-order valence-corrected chi connectivity index (χ3v) is 3.30. The van der Waals surface area contributed by atoms with Crippen molar-refractivity contribution in [3.8, 4) is 6.07 Å². The van der Waals surface area contributed by atoms with Crippen LogP contribution in [0.25, 0.3) is 0 Å². The van der Waals surface area contributed by atoms with E-state index in [1.807, 2.05) is 6.07 Å². The number of likely N-dealkylation sites (N-methyl/N-ethyl adjacent to an activating group) is 1. The maximum Gasteiger partial charge on any atom is 0.147 e. The highest BCUT2D eigenvalue weighted by atomic mass is 19.1. The van der Waals surface area contributed by atoms with Gasteiger partial charge in [-0.05, 0) is 44.6 Å². The predicted molar refractivity (Wildman–Crippen MR) is 65.3 cm³/mol. The van der Waals surface area contributed by atoms with Gasteiger partial charge in [-0.2, -0.15) is 5.26 Å². The SMILES string of the molecule is CN1CCCC1CNc1ccc(C#N)cc1F. The fourth-order valence-corrected chi connectivity index (χ4v) is 2.19. The minimum atomic E-state index is -0.357. The third kappa shape index (κ3) is 2.75. The van der Waals surface area contributed by atoms with E-state index in [9.17, 15) is 4.39 Å². The quantitative estimate of drug-likeness (QED) is 0.870. The summed E-state index contributed by atoms with van der Waals surface area (Å²) in [6.45, 7) is 1.86. The number of anilines is 1. The number of hydrogen-bond acceptors (Lipinski definition) is 3. The molecule has 1 aliphatic heterocycles. The number of nitrogens with zero attached hydrogens (tertiary/aromatic N) is 2. The molecule has 0 bridgehead atoms. The van der Waals surface area contributed by atoms with Gasteiger partial charge >= 0.3 is 0 Å². The van der Waals surface area contributed by atoms with Gasteiger partial charge in [0.05, 0.1) is 17.3 Å². The molecule has 0 radical (unpaired) electrons. The van der Waals surface area contributed by atoms with Crippen molar-refractivity contribution >= 4 is 5.69 Å². The van der Waals surface area contributed by atoms with Crippen LogP contribution in [0.5, 0.6) is 0 Å². The average Bonchev–Trinajstić information content (AvgIpc) is 2.73. The van der Waals surface area contributed by atoms with Crippen LogP contribution in [0.15, 0.2) is 18.2 Å². The van der Waals surface area contributed by atoms with E-state index in [0.717, 1.165) is 19.5 Å². The Balaban J connectivity index is 1.97. The normalized spacial score (nSPS) is 20.2. The molecule has 90 valence electrons. The second-order valence-electron chi connectivity index (χ2n) is 4.46. The van der Waals surface area contributed by atoms with Gasteiger partial charge in [0.25, 0.3) is 0 Å². The van der Waals surface area contributed by atoms with Crippen molar-refractivity contribution in [2.24, 2.45) is 0 Å². The standard InChI is InChI=1S/C13H16FN3/c1-17-6-2-3-11(17)9-16-13-5-4-10(8-15)7-12(13)14/h4-5,7,11,16H,2-3,6,9H2,1H3. The summed E-state index contributed by atoms with van der Waals surface area (Å²) in [6.07, 6.45) is 2.36. The molecule has 1 unspecified atom stereocenters. The summed E-state index contributed by atoms with van der Waals surface area (Å²) >= 11 is 0. The first-order valence-corrected chi connectivity index (χ1v) is 5.84. The second kappa shape index (κ2) is 5.15. The van der Waals surface area contributed by atoms with Crippen LogP contribution in [0.3, 0.4) is 0 Å². The van der Waals surface area contributed by atoms with E-state index in [4.69, 9.17) is 5.26 Å². The summed E-state index contributed by atoms with van der Waals surface area (Å²) in [5, 5.41) is 11.8. The molecule has 4 heteroatoms. The summed E-state index contributed by atoms with van der Waals surface area (Å²) in [5.41, 5.74) is 0.829. The Kier molecular flexibility index (Phi) is 3.60. The highest BCUT2D eigenvalue weighted by molar-refractivity contribution is 5.48. The average molecular weight is 233 g/mol. The zero-order valence-corrected chi connectivity index (χ0v) is 9.91. The second-order valence-corrected chi connectivity index (χ2v) is 4.46. The molecular weight excluding hydrogens is 217 g/mol. The lowest BCUT2D eigenvalue weighted by molar-refractivity contribution is 0.322. The van der Waals surface area contributed by atoms with Crippen molar-refractivity contribution in [1.29, 1.82) is 5.26 Å². The molecule has 1 fully saturated rings. The van der Waals surface area contributed by atoms with Crippen molar-refractivity contribution < 1.29 is 4.39 Å². The Morgan fingerprint density at radius 1 is 1.59 bits per heavy atom. The van der Waals surface area contributed by atoms with Gasteiger partial charge in [0.2, 0.25) is 0 Å². The molecule has 0 amide bonds. The van der Waals surface area contributed by atoms with Crippen LogP contribution in [-0.2, 0) is 0 Å². The maximum absolute atomic E-state index is 13.6. The van der Waals surface area contributed by atoms with Gasteiger partial charge in [-0.15, -0.1) is 0 Å². The molecule has 1 saturated heterocycles. The first-order chi connectivity index (χ1) is 8.20. The van der Waals surface area contributed by atoms with Gasteiger partial charge in [-0.1, -0.05) is 0 Å². The number of halogens is 1. The van der Waals surface area contributed by atoms with E-state index in [1.54, 1.807) is 12.1 Å². The van der Waals surface area contributed by atoms with Crippen LogP contribution >= 0.6 is 0 Å². The van der Waals surface area contributed by atoms with Crippen LogP contribution in [0.2, 0.25) is 0 Å². The van der Waals surface area contributed by atoms with E-state index in [0.29, 0.717) is 17.3 Å². The summed E-state index contributed by atoms with van der Waals surface area (Å²) in [5.74, 6) is -0.357. The van der Waals surface area contributed by atoms with E-state index in [1.165, 1.54) is 12.5 Å². The lowest BCUT2D eigenvalue weighted by Crippen LogP contribution is -2.31. The number of nitriles is 1. The Hall–Kier alpha value is -1.60. The monoisotopic (exact) mass is 233 g/mol. The molecule has 1 aromatic carbocycles. The van der Waals surface area contributed by atoms with Crippen molar-refractivity contribution in [1.82, 2.24) is 4.90 Å². The van der Waals surface area contributed by atoms with E-state index >= 15 is 0 Å². The molecule has 1 aromatic rings. The summed E-state index contributed by atoms with van der Waals surface area (Å²) in [6, 6.07) is 6.92. The predicted octanol–water partition coefficient (Wildman–Crippen LogP) is 2.20. The van der Waals surface area contributed by atoms with Gasteiger partial charge in [0.1, 0.15) is 5.82 Å². The van der Waals surface area contributed by atoms with Gasteiger partial charge in [-0.25, -0.2) is 4.39 Å². The van der Waals surface area contributed by atoms with Crippen molar-refractivity contribution in [2.75, 3.05) is 25.5 Å². The van der Waals surface area contributed by atoms with Crippen LogP contribution in [0.4, 0.5) is 10.1 Å². The first-order valence-electron chi connectivity index (χ1n) is 5.84. The van der Waals surface area contributed by atoms with Crippen LogP contribution in [0, 0.1) is 17.1 Å². The molecular formula is C13H16FN3. The number of hydrogen-bond donors (Lipinski definition) is 1. The molecule has 0 aromatic heterocycles. The Morgan fingerprint density at radius 2 is 2.41 bits per heavy atom. The molecule has 1 heterocycles. The Labute approximate surface area is 101 Å². The zero-order valence-electron chi connectivity index (χ0n) is 9.91. The molecule has 1 aliphatic rings. The largest absolute Gasteiger partial charge is 0.381 e. The minimum absolute atomic E-state index is 0.353.